The number of carbonyl (C=O) groups is 1. The summed E-state index contributed by atoms with van der Waals surface area (Å²) < 4.78 is 7.65. The van der Waals surface area contributed by atoms with Gasteiger partial charge in [-0.3, -0.25) is 4.79 Å². The Morgan fingerprint density at radius 2 is 1.40 bits per heavy atom. The lowest BCUT2D eigenvalue weighted by molar-refractivity contribution is 0.0990. The maximum absolute atomic E-state index is 13.0. The van der Waals surface area contributed by atoms with Crippen LogP contribution in [0.1, 0.15) is 21.5 Å². The van der Waals surface area contributed by atoms with Gasteiger partial charge in [-0.2, -0.15) is 0 Å². The maximum Gasteiger partial charge on any atom is 0.299 e. The lowest BCUT2D eigenvalue weighted by Crippen LogP contribution is -2.02. The van der Waals surface area contributed by atoms with Gasteiger partial charge in [0.1, 0.15) is 12.4 Å². The van der Waals surface area contributed by atoms with Crippen LogP contribution in [0.2, 0.25) is 0 Å². The lowest BCUT2D eigenvalue weighted by atomic mass is 10.2. The summed E-state index contributed by atoms with van der Waals surface area (Å²) in [6, 6.07) is 34.0. The van der Waals surface area contributed by atoms with Gasteiger partial charge in [0.2, 0.25) is 5.88 Å². The summed E-state index contributed by atoms with van der Waals surface area (Å²) in [5.74, 6) is -0.163. The summed E-state index contributed by atoms with van der Waals surface area (Å²) in [7, 11) is 0. The largest absolute Gasteiger partial charge is 0.493 e. The Kier molecular flexibility index (Phi) is 6.35. The van der Waals surface area contributed by atoms with Crippen molar-refractivity contribution in [3.8, 4) is 11.6 Å². The van der Waals surface area contributed by atoms with E-state index < -0.39 is 5.91 Å². The summed E-state index contributed by atoms with van der Waals surface area (Å²) in [6.45, 7) is 0.794. The van der Waals surface area contributed by atoms with Crippen LogP contribution in [0.5, 0.6) is 11.6 Å². The molecule has 35 heavy (non-hydrogen) atoms. The van der Waals surface area contributed by atoms with Crippen LogP contribution in [-0.4, -0.2) is 15.6 Å². The number of carbonyl (C=O) groups excluding carboxylic acids is 1. The third kappa shape index (κ3) is 4.82. The predicted molar refractivity (Wildman–Crippen MR) is 135 cm³/mol. The molecule has 0 atom stereocenters. The standard InChI is InChI=1S/C29H23N3O3/c33-28(24-16-8-10-18-26(24)35-20-22-13-5-2-6-14-22)31-30-27-23-15-7-9-17-25(23)32(29(27)34)19-21-11-3-1-4-12-21/h1-18,34H,19-20H2. The average Bonchev–Trinajstić information content (AvgIpc) is 3.18. The van der Waals surface area contributed by atoms with Gasteiger partial charge in [0.25, 0.3) is 5.91 Å². The van der Waals surface area contributed by atoms with E-state index in [0.717, 1.165) is 16.6 Å². The molecule has 5 rings (SSSR count). The molecule has 4 aromatic carbocycles. The second kappa shape index (κ2) is 10.1. The minimum Gasteiger partial charge on any atom is -0.493 e. The highest BCUT2D eigenvalue weighted by atomic mass is 16.5. The molecule has 0 saturated carbocycles. The molecule has 0 bridgehead atoms. The lowest BCUT2D eigenvalue weighted by Gasteiger charge is -2.09. The molecule has 1 amide bonds. The van der Waals surface area contributed by atoms with Crippen molar-refractivity contribution in [2.75, 3.05) is 0 Å². The van der Waals surface area contributed by atoms with Crippen LogP contribution in [0.3, 0.4) is 0 Å². The summed E-state index contributed by atoms with van der Waals surface area (Å²) in [4.78, 5) is 13.0. The first-order valence-electron chi connectivity index (χ1n) is 11.3. The number of hydrogen-bond donors (Lipinski definition) is 1. The number of nitrogens with zero attached hydrogens (tertiary/aromatic N) is 3. The highest BCUT2D eigenvalue weighted by Gasteiger charge is 2.18. The number of amides is 1. The zero-order chi connectivity index (χ0) is 24.0. The summed E-state index contributed by atoms with van der Waals surface area (Å²) in [5.41, 5.74) is 3.40. The second-order valence-corrected chi connectivity index (χ2v) is 8.04. The number of aromatic nitrogens is 1. The quantitative estimate of drug-likeness (QED) is 0.268. The molecule has 0 spiro atoms. The van der Waals surface area contributed by atoms with E-state index in [-0.39, 0.29) is 11.6 Å². The van der Waals surface area contributed by atoms with Crippen molar-refractivity contribution in [3.05, 3.63) is 126 Å². The molecular formula is C29H23N3O3. The monoisotopic (exact) mass is 461 g/mol. The molecule has 0 aliphatic carbocycles. The van der Waals surface area contributed by atoms with Gasteiger partial charge in [0.15, 0.2) is 5.69 Å². The van der Waals surface area contributed by atoms with E-state index >= 15 is 0 Å². The van der Waals surface area contributed by atoms with E-state index in [1.54, 1.807) is 28.8 Å². The van der Waals surface area contributed by atoms with Gasteiger partial charge in [0, 0.05) is 5.39 Å². The third-order valence-corrected chi connectivity index (χ3v) is 5.70. The van der Waals surface area contributed by atoms with Gasteiger partial charge in [-0.15, -0.1) is 10.2 Å². The first kappa shape index (κ1) is 22.1. The number of fused-ring (bicyclic) bond motifs is 1. The third-order valence-electron chi connectivity index (χ3n) is 5.70. The molecule has 1 aromatic heterocycles. The summed E-state index contributed by atoms with van der Waals surface area (Å²) in [5, 5.41) is 19.8. The molecule has 0 aliphatic heterocycles. The molecule has 1 N–H and O–H groups in total. The number of hydrogen-bond acceptors (Lipinski definition) is 4. The van der Waals surface area contributed by atoms with Crippen LogP contribution in [0.25, 0.3) is 10.9 Å². The van der Waals surface area contributed by atoms with Crippen molar-refractivity contribution in [2.24, 2.45) is 10.2 Å². The van der Waals surface area contributed by atoms with Gasteiger partial charge in [-0.05, 0) is 29.3 Å². The summed E-state index contributed by atoms with van der Waals surface area (Å²) >= 11 is 0. The van der Waals surface area contributed by atoms with Crippen LogP contribution in [0.15, 0.2) is 119 Å². The molecule has 0 aliphatic rings. The number of benzene rings is 4. The first-order valence-corrected chi connectivity index (χ1v) is 11.3. The van der Waals surface area contributed by atoms with Crippen LogP contribution in [0, 0.1) is 0 Å². The Hall–Kier alpha value is -4.71. The van der Waals surface area contributed by atoms with E-state index in [9.17, 15) is 9.90 Å². The Morgan fingerprint density at radius 1 is 0.771 bits per heavy atom. The minimum absolute atomic E-state index is 0.0415. The molecular weight excluding hydrogens is 438 g/mol. The highest BCUT2D eigenvalue weighted by molar-refractivity contribution is 5.99. The van der Waals surface area contributed by atoms with Crippen molar-refractivity contribution in [3.63, 3.8) is 0 Å². The van der Waals surface area contributed by atoms with Crippen molar-refractivity contribution in [2.45, 2.75) is 13.2 Å². The van der Waals surface area contributed by atoms with E-state index in [1.807, 2.05) is 84.9 Å². The van der Waals surface area contributed by atoms with Gasteiger partial charge in [0.05, 0.1) is 17.6 Å². The number of ether oxygens (including phenoxy) is 1. The van der Waals surface area contributed by atoms with Crippen LogP contribution >= 0.6 is 0 Å². The molecule has 0 unspecified atom stereocenters. The molecule has 6 nitrogen and oxygen atoms in total. The van der Waals surface area contributed by atoms with Gasteiger partial charge >= 0.3 is 0 Å². The molecule has 5 aromatic rings. The molecule has 1 heterocycles. The first-order chi connectivity index (χ1) is 17.2. The SMILES string of the molecule is O=C(N=Nc1c(O)n(Cc2ccccc2)c2ccccc12)c1ccccc1OCc1ccccc1. The highest BCUT2D eigenvalue weighted by Crippen LogP contribution is 2.39. The van der Waals surface area contributed by atoms with Crippen LogP contribution < -0.4 is 4.74 Å². The van der Waals surface area contributed by atoms with Crippen LogP contribution in [0.4, 0.5) is 5.69 Å². The minimum atomic E-state index is -0.548. The zero-order valence-electron chi connectivity index (χ0n) is 18.9. The van der Waals surface area contributed by atoms with Crippen molar-refractivity contribution < 1.29 is 14.6 Å². The zero-order valence-corrected chi connectivity index (χ0v) is 18.9. The summed E-state index contributed by atoms with van der Waals surface area (Å²) in [6.07, 6.45) is 0. The molecule has 172 valence electrons. The molecule has 6 heteroatoms. The smallest absolute Gasteiger partial charge is 0.299 e. The average molecular weight is 462 g/mol. The number of rotatable bonds is 7. The fraction of sp³-hybridized carbons (Fsp3) is 0.0690. The van der Waals surface area contributed by atoms with Gasteiger partial charge in [-0.1, -0.05) is 91.0 Å². The number of azo groups is 1. The maximum atomic E-state index is 13.0. The molecule has 0 radical (unpaired) electrons. The Labute approximate surface area is 202 Å². The van der Waals surface area contributed by atoms with E-state index in [1.165, 1.54) is 0 Å². The number of aromatic hydroxyl groups is 1. The predicted octanol–water partition coefficient (Wildman–Crippen LogP) is 6.90. The van der Waals surface area contributed by atoms with E-state index in [2.05, 4.69) is 10.2 Å². The van der Waals surface area contributed by atoms with Crippen LogP contribution in [-0.2, 0) is 13.2 Å². The Balaban J connectivity index is 1.43. The second-order valence-electron chi connectivity index (χ2n) is 8.04. The van der Waals surface area contributed by atoms with Crippen molar-refractivity contribution >= 4 is 22.5 Å². The Morgan fingerprint density at radius 3 is 2.17 bits per heavy atom. The molecule has 0 fully saturated rings. The van der Waals surface area contributed by atoms with Crippen molar-refractivity contribution in [1.29, 1.82) is 0 Å². The van der Waals surface area contributed by atoms with Crippen molar-refractivity contribution in [1.82, 2.24) is 4.57 Å². The van der Waals surface area contributed by atoms with Gasteiger partial charge in [-0.25, -0.2) is 0 Å². The van der Waals surface area contributed by atoms with Gasteiger partial charge < -0.3 is 14.4 Å². The fourth-order valence-electron chi connectivity index (χ4n) is 3.95. The van der Waals surface area contributed by atoms with E-state index in [4.69, 9.17) is 4.74 Å². The normalized spacial score (nSPS) is 11.2. The topological polar surface area (TPSA) is 76.2 Å². The molecule has 0 saturated heterocycles. The Bertz CT molecular complexity index is 1490. The number of para-hydroxylation sites is 2. The van der Waals surface area contributed by atoms with E-state index in [0.29, 0.717) is 29.9 Å². The fourth-order valence-corrected chi connectivity index (χ4v) is 3.95.